The average Bonchev–Trinajstić information content (AvgIpc) is 3.16. The van der Waals surface area contributed by atoms with E-state index in [2.05, 4.69) is 50.1 Å². The van der Waals surface area contributed by atoms with Crippen molar-refractivity contribution in [1.29, 1.82) is 0 Å². The predicted molar refractivity (Wildman–Crippen MR) is 137 cm³/mol. The van der Waals surface area contributed by atoms with E-state index in [4.69, 9.17) is 4.74 Å². The second kappa shape index (κ2) is 13.4. The Kier molecular flexibility index (Phi) is 11.2. The summed E-state index contributed by atoms with van der Waals surface area (Å²) in [4.78, 5) is 26.8. The monoisotopic (exact) mass is 573 g/mol. The molecule has 1 unspecified atom stereocenters. The van der Waals surface area contributed by atoms with Crippen molar-refractivity contribution in [2.24, 2.45) is 11.3 Å². The number of carbonyl (C=O) groups excluding carboxylic acids is 2. The largest absolute Gasteiger partial charge is 2.00 e. The zero-order chi connectivity index (χ0) is 25.6. The molecule has 1 radical (unpaired) electrons. The fourth-order valence-corrected chi connectivity index (χ4v) is 5.30. The Morgan fingerprint density at radius 1 is 1.17 bits per heavy atom. The minimum atomic E-state index is -0.513. The molecule has 7 heteroatoms. The van der Waals surface area contributed by atoms with Gasteiger partial charge in [-0.15, -0.1) is 11.1 Å². The van der Waals surface area contributed by atoms with E-state index < -0.39 is 5.82 Å². The topological polar surface area (TPSA) is 49.9 Å². The molecule has 2 aromatic carbocycles. The first-order valence-corrected chi connectivity index (χ1v) is 12.3. The molecular weight excluding hydrogens is 536 g/mol. The molecule has 1 amide bonds. The van der Waals surface area contributed by atoms with E-state index in [-0.39, 0.29) is 39.3 Å². The van der Waals surface area contributed by atoms with Gasteiger partial charge >= 0.3 is 22.4 Å². The fourth-order valence-electron chi connectivity index (χ4n) is 5.30. The summed E-state index contributed by atoms with van der Waals surface area (Å²) >= 11 is 0. The molecule has 193 valence electrons. The molecule has 1 spiro atoms. The fraction of sp³-hybridized carbons (Fsp3) is 0.483. The molecular formula is C29H37FN2NbO3. The number of nitrogens with zero attached hydrogens (tertiary/aromatic N) is 2. The first-order valence-electron chi connectivity index (χ1n) is 12.3. The second-order valence-corrected chi connectivity index (χ2v) is 10.2. The third kappa shape index (κ3) is 7.45. The van der Waals surface area contributed by atoms with E-state index in [9.17, 15) is 14.0 Å². The Bertz CT molecular complexity index is 1000. The Labute approximate surface area is 230 Å². The molecule has 5 nitrogen and oxygen atoms in total. The van der Waals surface area contributed by atoms with Crippen LogP contribution in [0.1, 0.15) is 49.3 Å². The minimum Gasteiger partial charge on any atom is -0.497 e. The number of likely N-dealkylation sites (N-methyl/N-ethyl adjacent to an activating group) is 1. The van der Waals surface area contributed by atoms with Gasteiger partial charge in [-0.2, -0.15) is 12.0 Å². The molecule has 0 aliphatic carbocycles. The van der Waals surface area contributed by atoms with Gasteiger partial charge in [-0.05, 0) is 43.0 Å². The number of methoxy groups -OCH3 is 1. The molecule has 2 heterocycles. The second-order valence-electron chi connectivity index (χ2n) is 10.2. The molecule has 0 N–H and O–H groups in total. The van der Waals surface area contributed by atoms with Crippen LogP contribution >= 0.6 is 0 Å². The van der Waals surface area contributed by atoms with Gasteiger partial charge in [0, 0.05) is 37.9 Å². The van der Waals surface area contributed by atoms with Crippen LogP contribution < -0.4 is 4.74 Å². The van der Waals surface area contributed by atoms with Crippen molar-refractivity contribution in [2.75, 3.05) is 40.3 Å². The number of amides is 1. The summed E-state index contributed by atoms with van der Waals surface area (Å²) in [6.07, 6.45) is 5.54. The van der Waals surface area contributed by atoms with Crippen molar-refractivity contribution in [3.63, 3.8) is 0 Å². The molecule has 36 heavy (non-hydrogen) atoms. The summed E-state index contributed by atoms with van der Waals surface area (Å²) < 4.78 is 17.8. The van der Waals surface area contributed by atoms with Crippen LogP contribution in [0.15, 0.2) is 42.5 Å². The third-order valence-electron chi connectivity index (χ3n) is 7.12. The number of hydrogen-bond donors (Lipinski definition) is 0. The Morgan fingerprint density at radius 2 is 1.81 bits per heavy atom. The number of hydrogen-bond acceptors (Lipinski definition) is 4. The number of rotatable bonds is 5. The molecule has 2 fully saturated rings. The van der Waals surface area contributed by atoms with Crippen LogP contribution in [0.25, 0.3) is 0 Å². The summed E-state index contributed by atoms with van der Waals surface area (Å²) in [6, 6.07) is 12.9. The number of aryl methyl sites for hydroxylation is 1. The van der Waals surface area contributed by atoms with Gasteiger partial charge in [0.05, 0.1) is 19.3 Å². The normalized spacial score (nSPS) is 18.8. The van der Waals surface area contributed by atoms with E-state index in [1.165, 1.54) is 24.0 Å². The molecule has 2 aliphatic heterocycles. The van der Waals surface area contributed by atoms with Gasteiger partial charge in [0.2, 0.25) is 0 Å². The standard InChI is InChI=1S/C21H31N2O2.C8H6FO.Nb/c1-16(2)13-20(24)23-11-9-21(10-12-23)15-22(3)14-19(21)17-5-7-18(25-4)8-6-17;1-6-2-3-8(9)7(4-6)5-10;/h5-8,13,16,19H,9-12,14-15H2,1-4H3;2-4H,1H3;/q2*-1;+2. The zero-order valence-electron chi connectivity index (χ0n) is 22.0. The first-order chi connectivity index (χ1) is 16.7. The number of halogens is 1. The molecule has 0 aromatic heterocycles. The summed E-state index contributed by atoms with van der Waals surface area (Å²) in [6.45, 7) is 9.90. The molecule has 2 saturated heterocycles. The number of likely N-dealkylation sites (tertiary alicyclic amines) is 2. The molecule has 2 aromatic rings. The van der Waals surface area contributed by atoms with Crippen LogP contribution in [-0.2, 0) is 32.0 Å². The van der Waals surface area contributed by atoms with Gasteiger partial charge in [0.15, 0.2) is 0 Å². The van der Waals surface area contributed by atoms with E-state index in [0.29, 0.717) is 11.8 Å². The molecule has 2 aliphatic rings. The molecule has 0 saturated carbocycles. The van der Waals surface area contributed by atoms with Crippen LogP contribution in [0.5, 0.6) is 5.75 Å². The van der Waals surface area contributed by atoms with Crippen molar-refractivity contribution < 1.29 is 41.1 Å². The van der Waals surface area contributed by atoms with Crippen LogP contribution in [0.4, 0.5) is 4.39 Å². The predicted octanol–water partition coefficient (Wildman–Crippen LogP) is 4.78. The zero-order valence-corrected chi connectivity index (χ0v) is 24.2. The van der Waals surface area contributed by atoms with Crippen molar-refractivity contribution in [3.8, 4) is 5.75 Å². The number of piperidine rings is 1. The average molecular weight is 574 g/mol. The van der Waals surface area contributed by atoms with Gasteiger partial charge < -0.3 is 30.5 Å². The van der Waals surface area contributed by atoms with Crippen molar-refractivity contribution >= 4 is 12.2 Å². The van der Waals surface area contributed by atoms with E-state index >= 15 is 0 Å². The summed E-state index contributed by atoms with van der Waals surface area (Å²) in [7, 11) is 3.93. The molecule has 4 rings (SSSR count). The van der Waals surface area contributed by atoms with Crippen molar-refractivity contribution in [1.82, 2.24) is 9.80 Å². The maximum Gasteiger partial charge on any atom is 2.00 e. The van der Waals surface area contributed by atoms with E-state index in [1.807, 2.05) is 11.3 Å². The van der Waals surface area contributed by atoms with Crippen molar-refractivity contribution in [2.45, 2.75) is 39.5 Å². The molecule has 0 bridgehead atoms. The van der Waals surface area contributed by atoms with E-state index in [0.717, 1.165) is 50.3 Å². The SMILES string of the molecule is COc1ccc(C2CN(C)CC23CCN(C(=O)[CH-]C(C)C)CC3)cc1.Cc1ccc(F)c([C-]=O)c1.[Nb+2]. The van der Waals surface area contributed by atoms with Gasteiger partial charge in [0.1, 0.15) is 5.75 Å². The van der Waals surface area contributed by atoms with Crippen LogP contribution in [0.2, 0.25) is 0 Å². The summed E-state index contributed by atoms with van der Waals surface area (Å²) in [5.74, 6) is 1.45. The van der Waals surface area contributed by atoms with Gasteiger partial charge in [-0.1, -0.05) is 45.0 Å². The van der Waals surface area contributed by atoms with Crippen LogP contribution in [-0.4, -0.2) is 62.3 Å². The molecule has 1 atom stereocenters. The van der Waals surface area contributed by atoms with Crippen LogP contribution in [0.3, 0.4) is 0 Å². The maximum atomic E-state index is 12.5. The number of ether oxygens (including phenoxy) is 1. The number of carbonyl (C=O) groups is 1. The van der Waals surface area contributed by atoms with Gasteiger partial charge in [-0.3, -0.25) is 4.39 Å². The third-order valence-corrected chi connectivity index (χ3v) is 7.12. The Balaban J connectivity index is 0.000000350. The minimum absolute atomic E-state index is 0. The quantitative estimate of drug-likeness (QED) is 0.382. The number of benzene rings is 2. The van der Waals surface area contributed by atoms with Crippen molar-refractivity contribution in [3.05, 3.63) is 71.4 Å². The Hall–Kier alpha value is -2.12. The Morgan fingerprint density at radius 3 is 2.33 bits per heavy atom. The summed E-state index contributed by atoms with van der Waals surface area (Å²) in [5, 5.41) is 0. The van der Waals surface area contributed by atoms with Gasteiger partial charge in [0.25, 0.3) is 0 Å². The maximum absolute atomic E-state index is 12.5. The smallest absolute Gasteiger partial charge is 0.497 e. The van der Waals surface area contributed by atoms with Gasteiger partial charge in [-0.25, -0.2) is 0 Å². The first kappa shape index (κ1) is 30.1. The van der Waals surface area contributed by atoms with E-state index in [1.54, 1.807) is 20.1 Å². The van der Waals surface area contributed by atoms with Crippen LogP contribution in [0, 0.1) is 30.5 Å². The summed E-state index contributed by atoms with van der Waals surface area (Å²) in [5.41, 5.74) is 2.55.